The molecule has 0 amide bonds. The molecule has 0 bridgehead atoms. The Morgan fingerprint density at radius 3 is 2.58 bits per heavy atom. The van der Waals surface area contributed by atoms with Crippen LogP contribution in [0, 0.1) is 12.8 Å². The second kappa shape index (κ2) is 5.67. The molecule has 2 saturated carbocycles. The van der Waals surface area contributed by atoms with E-state index in [0.29, 0.717) is 5.92 Å². The summed E-state index contributed by atoms with van der Waals surface area (Å²) >= 11 is 1.89. The van der Waals surface area contributed by atoms with Gasteiger partial charge in [0.05, 0.1) is 0 Å². The first-order chi connectivity index (χ1) is 9.28. The molecule has 1 aromatic rings. The molecule has 5 heteroatoms. The summed E-state index contributed by atoms with van der Waals surface area (Å²) in [5.41, 5.74) is 3.81. The molecule has 0 aliphatic heterocycles. The number of anilines is 1. The molecule has 0 aromatic carbocycles. The number of hydrogen-bond acceptors (Lipinski definition) is 5. The van der Waals surface area contributed by atoms with Crippen LogP contribution in [0.2, 0.25) is 0 Å². The summed E-state index contributed by atoms with van der Waals surface area (Å²) in [5, 5.41) is 1.12. The highest BCUT2D eigenvalue weighted by Crippen LogP contribution is 2.40. The lowest BCUT2D eigenvalue weighted by atomic mass is 10.1. The van der Waals surface area contributed by atoms with Gasteiger partial charge in [-0.2, -0.15) is 0 Å². The van der Waals surface area contributed by atoms with Gasteiger partial charge in [-0.05, 0) is 38.5 Å². The first-order valence-electron chi connectivity index (χ1n) is 7.26. The third kappa shape index (κ3) is 3.03. The topological polar surface area (TPSA) is 63.8 Å². The third-order valence-corrected chi connectivity index (χ3v) is 5.44. The Morgan fingerprint density at radius 2 is 1.95 bits per heavy atom. The van der Waals surface area contributed by atoms with Crippen LogP contribution in [-0.4, -0.2) is 15.7 Å². The monoisotopic (exact) mass is 278 g/mol. The summed E-state index contributed by atoms with van der Waals surface area (Å²) in [6, 6.07) is 0. The summed E-state index contributed by atoms with van der Waals surface area (Å²) in [4.78, 5) is 9.29. The number of aromatic nitrogens is 2. The van der Waals surface area contributed by atoms with Crippen LogP contribution in [0.1, 0.15) is 55.8 Å². The minimum absolute atomic E-state index is 0.568. The van der Waals surface area contributed by atoms with Gasteiger partial charge in [-0.15, -0.1) is 11.8 Å². The molecule has 3 rings (SSSR count). The van der Waals surface area contributed by atoms with E-state index in [4.69, 9.17) is 10.8 Å². The summed E-state index contributed by atoms with van der Waals surface area (Å²) in [6.45, 7) is 2.06. The highest BCUT2D eigenvalue weighted by Gasteiger charge is 2.28. The maximum Gasteiger partial charge on any atom is 0.147 e. The largest absolute Gasteiger partial charge is 0.308 e. The number of rotatable bonds is 5. The zero-order valence-corrected chi connectivity index (χ0v) is 12.3. The van der Waals surface area contributed by atoms with E-state index in [-0.39, 0.29) is 0 Å². The van der Waals surface area contributed by atoms with Gasteiger partial charge >= 0.3 is 0 Å². The molecule has 2 aliphatic carbocycles. The molecule has 4 nitrogen and oxygen atoms in total. The first-order valence-corrected chi connectivity index (χ1v) is 8.24. The van der Waals surface area contributed by atoms with Gasteiger partial charge < -0.3 is 5.43 Å². The SMILES string of the molecule is Cc1c(NN)nc(C2CC2)nc1SCC1CCCC1. The average Bonchev–Trinajstić information content (AvgIpc) is 3.14. The van der Waals surface area contributed by atoms with Crippen LogP contribution in [-0.2, 0) is 0 Å². The number of nitrogens with one attached hydrogen (secondary N) is 1. The molecular formula is C14H22N4S. The fraction of sp³-hybridized carbons (Fsp3) is 0.714. The number of nitrogens with two attached hydrogens (primary N) is 1. The quantitative estimate of drug-likeness (QED) is 0.375. The van der Waals surface area contributed by atoms with Gasteiger partial charge in [0.2, 0.25) is 0 Å². The van der Waals surface area contributed by atoms with Crippen LogP contribution in [0.25, 0.3) is 0 Å². The Kier molecular flexibility index (Phi) is 3.93. The van der Waals surface area contributed by atoms with Crippen molar-refractivity contribution in [3.63, 3.8) is 0 Å². The molecule has 1 aromatic heterocycles. The van der Waals surface area contributed by atoms with Crippen molar-refractivity contribution >= 4 is 17.6 Å². The Hall–Kier alpha value is -0.810. The predicted molar refractivity (Wildman–Crippen MR) is 79.2 cm³/mol. The van der Waals surface area contributed by atoms with Crippen molar-refractivity contribution in [3.05, 3.63) is 11.4 Å². The maximum absolute atomic E-state index is 5.58. The van der Waals surface area contributed by atoms with E-state index >= 15 is 0 Å². The van der Waals surface area contributed by atoms with Gasteiger partial charge in [0.25, 0.3) is 0 Å². The molecule has 0 unspecified atom stereocenters. The number of hydrogen-bond donors (Lipinski definition) is 2. The third-order valence-electron chi connectivity index (χ3n) is 4.13. The summed E-state index contributed by atoms with van der Waals surface area (Å²) in [7, 11) is 0. The Labute approximate surface area is 118 Å². The second-order valence-electron chi connectivity index (χ2n) is 5.74. The van der Waals surface area contributed by atoms with Crippen molar-refractivity contribution < 1.29 is 0 Å². The fourth-order valence-electron chi connectivity index (χ4n) is 2.69. The highest BCUT2D eigenvalue weighted by molar-refractivity contribution is 7.99. The highest BCUT2D eigenvalue weighted by atomic mass is 32.2. The Morgan fingerprint density at radius 1 is 1.21 bits per heavy atom. The van der Waals surface area contributed by atoms with Crippen LogP contribution >= 0.6 is 11.8 Å². The zero-order chi connectivity index (χ0) is 13.2. The number of nitrogens with zero attached hydrogens (tertiary/aromatic N) is 2. The van der Waals surface area contributed by atoms with Gasteiger partial charge in [0, 0.05) is 17.2 Å². The van der Waals surface area contributed by atoms with E-state index in [1.807, 2.05) is 11.8 Å². The van der Waals surface area contributed by atoms with Gasteiger partial charge in [0.15, 0.2) is 0 Å². The summed E-state index contributed by atoms with van der Waals surface area (Å²) in [5.74, 6) is 9.98. The maximum atomic E-state index is 5.58. The molecule has 0 radical (unpaired) electrons. The van der Waals surface area contributed by atoms with Gasteiger partial charge in [-0.3, -0.25) is 0 Å². The zero-order valence-electron chi connectivity index (χ0n) is 11.5. The van der Waals surface area contributed by atoms with Gasteiger partial charge in [-0.25, -0.2) is 15.8 Å². The standard InChI is InChI=1S/C14H22N4S/c1-9-12(18-15)16-13(11-6-7-11)17-14(9)19-8-10-4-2-3-5-10/h10-11H,2-8,15H2,1H3,(H,16,17,18). The molecule has 2 aliphatic rings. The van der Waals surface area contributed by atoms with Gasteiger partial charge in [0.1, 0.15) is 16.7 Å². The molecule has 19 heavy (non-hydrogen) atoms. The van der Waals surface area contributed by atoms with Crippen LogP contribution in [0.15, 0.2) is 5.03 Å². The Bertz CT molecular complexity index is 453. The number of hydrazine groups is 1. The number of thioether (sulfide) groups is 1. The lowest BCUT2D eigenvalue weighted by Gasteiger charge is -2.13. The predicted octanol–water partition coefficient (Wildman–Crippen LogP) is 3.23. The molecule has 1 heterocycles. The summed E-state index contributed by atoms with van der Waals surface area (Å²) < 4.78 is 0. The van der Waals surface area contributed by atoms with E-state index < -0.39 is 0 Å². The summed E-state index contributed by atoms with van der Waals surface area (Å²) in [6.07, 6.45) is 8.01. The number of nitrogen functional groups attached to an aromatic ring is 1. The normalized spacial score (nSPS) is 19.9. The average molecular weight is 278 g/mol. The minimum atomic E-state index is 0.568. The fourth-order valence-corrected chi connectivity index (χ4v) is 3.89. The molecule has 3 N–H and O–H groups in total. The molecule has 0 spiro atoms. The molecule has 0 atom stereocenters. The lowest BCUT2D eigenvalue weighted by Crippen LogP contribution is -2.13. The van der Waals surface area contributed by atoms with Crippen LogP contribution in [0.4, 0.5) is 5.82 Å². The minimum Gasteiger partial charge on any atom is -0.308 e. The van der Waals surface area contributed by atoms with Crippen molar-refractivity contribution in [1.29, 1.82) is 0 Å². The molecule has 0 saturated heterocycles. The van der Waals surface area contributed by atoms with Crippen molar-refractivity contribution in [2.75, 3.05) is 11.2 Å². The molecule has 104 valence electrons. The van der Waals surface area contributed by atoms with E-state index in [1.54, 1.807) is 0 Å². The Balaban J connectivity index is 1.75. The van der Waals surface area contributed by atoms with E-state index in [9.17, 15) is 0 Å². The molecular weight excluding hydrogens is 256 g/mol. The molecule has 2 fully saturated rings. The van der Waals surface area contributed by atoms with E-state index in [0.717, 1.165) is 28.1 Å². The van der Waals surface area contributed by atoms with Crippen molar-refractivity contribution in [2.45, 2.75) is 56.4 Å². The second-order valence-corrected chi connectivity index (χ2v) is 6.75. The van der Waals surface area contributed by atoms with Gasteiger partial charge in [-0.1, -0.05) is 12.8 Å². The van der Waals surface area contributed by atoms with E-state index in [1.165, 1.54) is 44.3 Å². The van der Waals surface area contributed by atoms with Crippen LogP contribution in [0.3, 0.4) is 0 Å². The first kappa shape index (κ1) is 13.2. The van der Waals surface area contributed by atoms with Crippen molar-refractivity contribution in [1.82, 2.24) is 9.97 Å². The van der Waals surface area contributed by atoms with Crippen LogP contribution < -0.4 is 11.3 Å². The lowest BCUT2D eigenvalue weighted by molar-refractivity contribution is 0.622. The van der Waals surface area contributed by atoms with E-state index in [2.05, 4.69) is 17.3 Å². The smallest absolute Gasteiger partial charge is 0.147 e. The van der Waals surface area contributed by atoms with Crippen molar-refractivity contribution in [2.24, 2.45) is 11.8 Å². The van der Waals surface area contributed by atoms with Crippen LogP contribution in [0.5, 0.6) is 0 Å². The van der Waals surface area contributed by atoms with Crippen molar-refractivity contribution in [3.8, 4) is 0 Å².